The van der Waals surface area contributed by atoms with Gasteiger partial charge >= 0.3 is 6.18 Å². The molecule has 0 saturated carbocycles. The van der Waals surface area contributed by atoms with E-state index in [2.05, 4.69) is 15.0 Å². The van der Waals surface area contributed by atoms with Crippen LogP contribution in [0.2, 0.25) is 0 Å². The molecule has 1 aliphatic rings. The maximum absolute atomic E-state index is 12.7. The number of hydrogen-bond acceptors (Lipinski definition) is 6. The molecule has 2 N–H and O–H groups in total. The summed E-state index contributed by atoms with van der Waals surface area (Å²) >= 11 is 0. The number of aliphatic hydroxyl groups is 1. The minimum atomic E-state index is -4.57. The standard InChI is InChI=1S/C24H22F3N5O3/c1-14(34)32-11-17-8-19(23(35)30-12-24(25,26)27)31-22(21(17)20(32)5-6-33)16-4-2-3-15(7-16)18-9-28-13-29-10-18/h2-4,7-10,13,20,33H,5-6,11-12H2,1H3,(H,30,35)/t20-/m0/s1. The van der Waals surface area contributed by atoms with Crippen LogP contribution in [0.1, 0.15) is 41.0 Å². The van der Waals surface area contributed by atoms with Crippen LogP contribution in [-0.2, 0) is 11.3 Å². The van der Waals surface area contributed by atoms with Gasteiger partial charge in [-0.3, -0.25) is 9.59 Å². The molecular formula is C24H22F3N5O3. The lowest BCUT2D eigenvalue weighted by molar-refractivity contribution is -0.131. The molecule has 0 fully saturated rings. The quantitative estimate of drug-likeness (QED) is 0.555. The highest BCUT2D eigenvalue weighted by Crippen LogP contribution is 2.42. The number of pyridine rings is 1. The van der Waals surface area contributed by atoms with Crippen LogP contribution in [-0.4, -0.2) is 56.1 Å². The highest BCUT2D eigenvalue weighted by atomic mass is 19.4. The Morgan fingerprint density at radius 2 is 1.86 bits per heavy atom. The van der Waals surface area contributed by atoms with Crippen molar-refractivity contribution < 1.29 is 27.9 Å². The van der Waals surface area contributed by atoms with Crippen molar-refractivity contribution in [3.63, 3.8) is 0 Å². The summed E-state index contributed by atoms with van der Waals surface area (Å²) in [5.74, 6) is -1.21. The van der Waals surface area contributed by atoms with Crippen molar-refractivity contribution in [1.29, 1.82) is 0 Å². The van der Waals surface area contributed by atoms with Gasteiger partial charge in [-0.15, -0.1) is 0 Å². The van der Waals surface area contributed by atoms with Gasteiger partial charge in [0.25, 0.3) is 5.91 Å². The summed E-state index contributed by atoms with van der Waals surface area (Å²) in [7, 11) is 0. The number of carbonyl (C=O) groups excluding carboxylic acids is 2. The second-order valence-electron chi connectivity index (χ2n) is 8.11. The first-order chi connectivity index (χ1) is 16.7. The first-order valence-electron chi connectivity index (χ1n) is 10.8. The molecule has 1 aromatic carbocycles. The van der Waals surface area contributed by atoms with Gasteiger partial charge in [0.1, 0.15) is 18.6 Å². The van der Waals surface area contributed by atoms with Gasteiger partial charge < -0.3 is 15.3 Å². The van der Waals surface area contributed by atoms with Gasteiger partial charge in [-0.25, -0.2) is 15.0 Å². The van der Waals surface area contributed by atoms with Gasteiger partial charge in [0.15, 0.2) is 0 Å². The molecule has 0 unspecified atom stereocenters. The van der Waals surface area contributed by atoms with Crippen LogP contribution in [0.25, 0.3) is 22.4 Å². The predicted octanol–water partition coefficient (Wildman–Crippen LogP) is 3.28. The highest BCUT2D eigenvalue weighted by molar-refractivity contribution is 5.94. The molecule has 1 aliphatic heterocycles. The molecule has 0 aliphatic carbocycles. The minimum Gasteiger partial charge on any atom is -0.396 e. The van der Waals surface area contributed by atoms with E-state index in [9.17, 15) is 27.9 Å². The van der Waals surface area contributed by atoms with Crippen LogP contribution >= 0.6 is 0 Å². The summed E-state index contributed by atoms with van der Waals surface area (Å²) in [5, 5.41) is 11.5. The number of benzene rings is 1. The molecule has 0 spiro atoms. The molecule has 1 atom stereocenters. The number of carbonyl (C=O) groups is 2. The van der Waals surface area contributed by atoms with Crippen LogP contribution in [0, 0.1) is 0 Å². The van der Waals surface area contributed by atoms with Gasteiger partial charge in [-0.2, -0.15) is 13.2 Å². The Morgan fingerprint density at radius 3 is 2.51 bits per heavy atom. The van der Waals surface area contributed by atoms with E-state index in [1.165, 1.54) is 19.3 Å². The lowest BCUT2D eigenvalue weighted by Gasteiger charge is -2.24. The van der Waals surface area contributed by atoms with Crippen LogP contribution in [0.4, 0.5) is 13.2 Å². The molecule has 3 heterocycles. The molecule has 182 valence electrons. The fraction of sp³-hybridized carbons (Fsp3) is 0.292. The Morgan fingerprint density at radius 1 is 1.14 bits per heavy atom. The summed E-state index contributed by atoms with van der Waals surface area (Å²) in [5.41, 5.74) is 3.52. The topological polar surface area (TPSA) is 108 Å². The third-order valence-electron chi connectivity index (χ3n) is 5.71. The van der Waals surface area contributed by atoms with E-state index in [1.54, 1.807) is 29.4 Å². The van der Waals surface area contributed by atoms with Crippen molar-refractivity contribution in [2.45, 2.75) is 32.1 Å². The van der Waals surface area contributed by atoms with Gasteiger partial charge in [-0.05, 0) is 29.7 Å². The second-order valence-corrected chi connectivity index (χ2v) is 8.11. The lowest BCUT2D eigenvalue weighted by atomic mass is 9.94. The predicted molar refractivity (Wildman–Crippen MR) is 120 cm³/mol. The summed E-state index contributed by atoms with van der Waals surface area (Å²) in [6, 6.07) is 8.11. The van der Waals surface area contributed by atoms with Crippen molar-refractivity contribution in [3.05, 3.63) is 65.9 Å². The van der Waals surface area contributed by atoms with E-state index >= 15 is 0 Å². The Hall–Kier alpha value is -3.86. The smallest absolute Gasteiger partial charge is 0.396 e. The minimum absolute atomic E-state index is 0.149. The Kier molecular flexibility index (Phi) is 6.79. The molecular weight excluding hydrogens is 463 g/mol. The molecule has 0 bridgehead atoms. The van der Waals surface area contributed by atoms with E-state index in [-0.39, 0.29) is 31.2 Å². The first-order valence-corrected chi connectivity index (χ1v) is 10.8. The normalized spacial score (nSPS) is 15.1. The van der Waals surface area contributed by atoms with Crippen LogP contribution in [0.15, 0.2) is 49.1 Å². The van der Waals surface area contributed by atoms with E-state index in [1.807, 2.05) is 17.4 Å². The Balaban J connectivity index is 1.85. The fourth-order valence-corrected chi connectivity index (χ4v) is 4.21. The summed E-state index contributed by atoms with van der Waals surface area (Å²) in [6.45, 7) is -0.133. The molecule has 2 amide bonds. The third kappa shape index (κ3) is 5.29. The first kappa shape index (κ1) is 24.3. The van der Waals surface area contributed by atoms with E-state index in [0.717, 1.165) is 11.1 Å². The van der Waals surface area contributed by atoms with Gasteiger partial charge in [0, 0.05) is 49.2 Å². The fourth-order valence-electron chi connectivity index (χ4n) is 4.21. The Labute approximate surface area is 198 Å². The summed E-state index contributed by atoms with van der Waals surface area (Å²) in [6.07, 6.45) is 0.348. The van der Waals surface area contributed by atoms with Crippen molar-refractivity contribution in [2.75, 3.05) is 13.2 Å². The van der Waals surface area contributed by atoms with Gasteiger partial charge in [-0.1, -0.05) is 18.2 Å². The largest absolute Gasteiger partial charge is 0.405 e. The third-order valence-corrected chi connectivity index (χ3v) is 5.71. The number of halogens is 3. The number of amides is 2. The maximum Gasteiger partial charge on any atom is 0.405 e. The molecule has 4 rings (SSSR count). The van der Waals surface area contributed by atoms with Gasteiger partial charge in [0.2, 0.25) is 5.91 Å². The van der Waals surface area contributed by atoms with Crippen molar-refractivity contribution >= 4 is 11.8 Å². The number of aromatic nitrogens is 3. The zero-order valence-electron chi connectivity index (χ0n) is 18.7. The average molecular weight is 485 g/mol. The van der Waals surface area contributed by atoms with Crippen molar-refractivity contribution in [3.8, 4) is 22.4 Å². The molecule has 35 heavy (non-hydrogen) atoms. The molecule has 8 nitrogen and oxygen atoms in total. The number of rotatable bonds is 6. The molecule has 0 radical (unpaired) electrons. The maximum atomic E-state index is 12.7. The SMILES string of the molecule is CC(=O)N1Cc2cc(C(=O)NCC(F)(F)F)nc(-c3cccc(-c4cncnc4)c3)c2[C@@H]1CCO. The number of alkyl halides is 3. The number of fused-ring (bicyclic) bond motifs is 1. The molecule has 11 heteroatoms. The van der Waals surface area contributed by atoms with Crippen LogP contribution in [0.5, 0.6) is 0 Å². The lowest BCUT2D eigenvalue weighted by Crippen LogP contribution is -2.34. The average Bonchev–Trinajstić information content (AvgIpc) is 3.21. The Bertz CT molecular complexity index is 1250. The number of hydrogen-bond donors (Lipinski definition) is 2. The van der Waals surface area contributed by atoms with E-state index < -0.39 is 24.7 Å². The van der Waals surface area contributed by atoms with Crippen molar-refractivity contribution in [1.82, 2.24) is 25.2 Å². The zero-order valence-corrected chi connectivity index (χ0v) is 18.7. The summed E-state index contributed by atoms with van der Waals surface area (Å²) in [4.78, 5) is 38.9. The molecule has 2 aromatic heterocycles. The zero-order chi connectivity index (χ0) is 25.2. The van der Waals surface area contributed by atoms with E-state index in [0.29, 0.717) is 22.4 Å². The van der Waals surface area contributed by atoms with E-state index in [4.69, 9.17) is 0 Å². The monoisotopic (exact) mass is 485 g/mol. The van der Waals surface area contributed by atoms with Crippen molar-refractivity contribution in [2.24, 2.45) is 0 Å². The number of aliphatic hydroxyl groups excluding tert-OH is 1. The summed E-state index contributed by atoms with van der Waals surface area (Å²) < 4.78 is 38.0. The highest BCUT2D eigenvalue weighted by Gasteiger charge is 2.36. The van der Waals surface area contributed by atoms with Crippen LogP contribution < -0.4 is 5.32 Å². The molecule has 3 aromatic rings. The number of nitrogens with zero attached hydrogens (tertiary/aromatic N) is 4. The van der Waals surface area contributed by atoms with Crippen LogP contribution in [0.3, 0.4) is 0 Å². The van der Waals surface area contributed by atoms with Gasteiger partial charge in [0.05, 0.1) is 11.7 Å². The number of nitrogens with one attached hydrogen (secondary N) is 1. The molecule has 0 saturated heterocycles. The second kappa shape index (κ2) is 9.79.